The Kier molecular flexibility index (Phi) is 7.44. The van der Waals surface area contributed by atoms with Gasteiger partial charge in [-0.05, 0) is 49.6 Å². The van der Waals surface area contributed by atoms with Crippen LogP contribution in [0.2, 0.25) is 0 Å². The lowest BCUT2D eigenvalue weighted by atomic mass is 10.0. The van der Waals surface area contributed by atoms with Gasteiger partial charge < -0.3 is 21.5 Å². The Morgan fingerprint density at radius 1 is 1.16 bits per heavy atom. The number of aliphatic hydroxyl groups excluding tert-OH is 1. The molecule has 1 fully saturated rings. The minimum atomic E-state index is -0.457. The van der Waals surface area contributed by atoms with Crippen LogP contribution in [0.3, 0.4) is 0 Å². The van der Waals surface area contributed by atoms with E-state index in [-0.39, 0.29) is 17.9 Å². The summed E-state index contributed by atoms with van der Waals surface area (Å²) in [5.41, 5.74) is 8.61. The molecule has 0 bridgehead atoms. The zero-order valence-electron chi connectivity index (χ0n) is 17.9. The van der Waals surface area contributed by atoms with Gasteiger partial charge in [-0.2, -0.15) is 0 Å². The molecule has 1 heterocycles. The molecule has 1 saturated heterocycles. The number of hydrogen-bond acceptors (Lipinski definition) is 5. The highest BCUT2D eigenvalue weighted by molar-refractivity contribution is 6.03. The predicted molar refractivity (Wildman–Crippen MR) is 123 cm³/mol. The normalized spacial score (nSPS) is 17.7. The fourth-order valence-corrected chi connectivity index (χ4v) is 3.64. The number of amides is 2. The number of para-hydroxylation sites is 2. The van der Waals surface area contributed by atoms with Crippen molar-refractivity contribution < 1.29 is 14.7 Å². The van der Waals surface area contributed by atoms with Crippen molar-refractivity contribution in [2.24, 2.45) is 0 Å². The van der Waals surface area contributed by atoms with Crippen molar-refractivity contribution in [3.63, 3.8) is 0 Å². The summed E-state index contributed by atoms with van der Waals surface area (Å²) in [6.07, 6.45) is 3.41. The molecule has 7 heteroatoms. The van der Waals surface area contributed by atoms with E-state index in [1.165, 1.54) is 6.08 Å². The monoisotopic (exact) mass is 422 g/mol. The smallest absolute Gasteiger partial charge is 0.248 e. The van der Waals surface area contributed by atoms with Gasteiger partial charge in [0.25, 0.3) is 0 Å². The van der Waals surface area contributed by atoms with Gasteiger partial charge in [-0.3, -0.25) is 14.5 Å². The quantitative estimate of drug-likeness (QED) is 0.405. The first-order chi connectivity index (χ1) is 14.8. The molecule has 1 unspecified atom stereocenters. The van der Waals surface area contributed by atoms with Gasteiger partial charge in [0.1, 0.15) is 6.04 Å². The average molecular weight is 423 g/mol. The van der Waals surface area contributed by atoms with Gasteiger partial charge in [0.15, 0.2) is 0 Å². The zero-order valence-corrected chi connectivity index (χ0v) is 17.9. The molecule has 0 aliphatic carbocycles. The summed E-state index contributed by atoms with van der Waals surface area (Å²) in [5, 5.41) is 15.6. The van der Waals surface area contributed by atoms with Gasteiger partial charge in [-0.25, -0.2) is 0 Å². The predicted octanol–water partition coefficient (Wildman–Crippen LogP) is 2.55. The van der Waals surface area contributed by atoms with Crippen molar-refractivity contribution in [3.8, 4) is 0 Å². The fraction of sp³-hybridized carbons (Fsp3) is 0.333. The van der Waals surface area contributed by atoms with Crippen LogP contribution in [0.4, 0.5) is 11.4 Å². The van der Waals surface area contributed by atoms with Crippen LogP contribution < -0.4 is 16.4 Å². The third kappa shape index (κ3) is 6.16. The molecule has 2 amide bonds. The Bertz CT molecular complexity index is 940. The molecule has 1 aliphatic rings. The number of β-amino-alcohol motifs (C(OH)–C–C–N with tert-alkyl or cyclic N) is 1. The number of rotatable bonds is 7. The molecule has 7 nitrogen and oxygen atoms in total. The SMILES string of the molecule is CC(C)NC(=O)C(c1ccc(C=CC(=O)Nc2ccccc2N)cc1)N1CC[C@H](O)C1. The van der Waals surface area contributed by atoms with E-state index >= 15 is 0 Å². The van der Waals surface area contributed by atoms with Crippen LogP contribution in [-0.2, 0) is 9.59 Å². The third-order valence-corrected chi connectivity index (χ3v) is 5.14. The average Bonchev–Trinajstić information content (AvgIpc) is 3.14. The number of nitrogen functional groups attached to an aromatic ring is 1. The number of carbonyl (C=O) groups is 2. The zero-order chi connectivity index (χ0) is 22.4. The lowest BCUT2D eigenvalue weighted by molar-refractivity contribution is -0.127. The van der Waals surface area contributed by atoms with Crippen molar-refractivity contribution in [1.29, 1.82) is 0 Å². The van der Waals surface area contributed by atoms with E-state index in [4.69, 9.17) is 5.73 Å². The lowest BCUT2D eigenvalue weighted by Gasteiger charge is -2.28. The second kappa shape index (κ2) is 10.2. The lowest BCUT2D eigenvalue weighted by Crippen LogP contribution is -2.42. The highest BCUT2D eigenvalue weighted by Gasteiger charge is 2.33. The number of benzene rings is 2. The maximum absolute atomic E-state index is 12.8. The first kappa shape index (κ1) is 22.5. The molecule has 5 N–H and O–H groups in total. The van der Waals surface area contributed by atoms with E-state index in [1.807, 2.05) is 43.0 Å². The van der Waals surface area contributed by atoms with Gasteiger partial charge >= 0.3 is 0 Å². The minimum Gasteiger partial charge on any atom is -0.397 e. The number of likely N-dealkylation sites (tertiary alicyclic amines) is 1. The summed E-state index contributed by atoms with van der Waals surface area (Å²) in [6.45, 7) is 4.99. The molecular formula is C24H30N4O3. The van der Waals surface area contributed by atoms with Gasteiger partial charge in [-0.1, -0.05) is 36.4 Å². The number of nitrogens with one attached hydrogen (secondary N) is 2. The molecule has 1 aliphatic heterocycles. The number of nitrogens with two attached hydrogens (primary N) is 1. The summed E-state index contributed by atoms with van der Waals surface area (Å²) in [7, 11) is 0. The van der Waals surface area contributed by atoms with Crippen molar-refractivity contribution in [2.75, 3.05) is 24.1 Å². The molecule has 2 aromatic rings. The van der Waals surface area contributed by atoms with Crippen LogP contribution in [-0.4, -0.2) is 47.1 Å². The number of nitrogens with zero attached hydrogens (tertiary/aromatic N) is 1. The first-order valence-corrected chi connectivity index (χ1v) is 10.5. The Hall–Kier alpha value is -3.16. The summed E-state index contributed by atoms with van der Waals surface area (Å²) < 4.78 is 0. The topological polar surface area (TPSA) is 108 Å². The fourth-order valence-electron chi connectivity index (χ4n) is 3.64. The summed E-state index contributed by atoms with van der Waals surface area (Å²) >= 11 is 0. The second-order valence-electron chi connectivity index (χ2n) is 8.08. The third-order valence-electron chi connectivity index (χ3n) is 5.14. The number of carbonyl (C=O) groups excluding carboxylic acids is 2. The Balaban J connectivity index is 1.70. The first-order valence-electron chi connectivity index (χ1n) is 10.5. The van der Waals surface area contributed by atoms with E-state index in [0.29, 0.717) is 30.9 Å². The van der Waals surface area contributed by atoms with Crippen LogP contribution in [0.5, 0.6) is 0 Å². The van der Waals surface area contributed by atoms with Gasteiger partial charge in [0, 0.05) is 25.2 Å². The number of aliphatic hydroxyl groups is 1. The van der Waals surface area contributed by atoms with E-state index < -0.39 is 12.1 Å². The van der Waals surface area contributed by atoms with Gasteiger partial charge in [-0.15, -0.1) is 0 Å². The maximum atomic E-state index is 12.8. The molecular weight excluding hydrogens is 392 g/mol. The standard InChI is InChI=1S/C24H30N4O3/c1-16(2)26-24(31)23(28-14-13-19(29)15-28)18-10-7-17(8-11-18)9-12-22(30)27-21-6-4-3-5-20(21)25/h3-12,16,19,23,29H,13-15,25H2,1-2H3,(H,26,31)(H,27,30)/t19-,23?/m0/s1. The molecule has 0 radical (unpaired) electrons. The van der Waals surface area contributed by atoms with Crippen LogP contribution in [0.25, 0.3) is 6.08 Å². The van der Waals surface area contributed by atoms with Crippen LogP contribution >= 0.6 is 0 Å². The molecule has 2 atom stereocenters. The van der Waals surface area contributed by atoms with Gasteiger partial charge in [0.05, 0.1) is 17.5 Å². The van der Waals surface area contributed by atoms with E-state index in [1.54, 1.807) is 30.3 Å². The van der Waals surface area contributed by atoms with E-state index in [2.05, 4.69) is 10.6 Å². The van der Waals surface area contributed by atoms with Gasteiger partial charge in [0.2, 0.25) is 11.8 Å². The van der Waals surface area contributed by atoms with Crippen molar-refractivity contribution in [1.82, 2.24) is 10.2 Å². The molecule has 2 aromatic carbocycles. The largest absolute Gasteiger partial charge is 0.397 e. The summed E-state index contributed by atoms with van der Waals surface area (Å²) in [5.74, 6) is -0.352. The molecule has 0 aromatic heterocycles. The van der Waals surface area contributed by atoms with Crippen LogP contribution in [0, 0.1) is 0 Å². The molecule has 3 rings (SSSR count). The Morgan fingerprint density at radius 3 is 2.48 bits per heavy atom. The number of anilines is 2. The van der Waals surface area contributed by atoms with Crippen molar-refractivity contribution in [3.05, 3.63) is 65.7 Å². The highest BCUT2D eigenvalue weighted by atomic mass is 16.3. The highest BCUT2D eigenvalue weighted by Crippen LogP contribution is 2.26. The molecule has 164 valence electrons. The van der Waals surface area contributed by atoms with Crippen LogP contribution in [0.1, 0.15) is 37.4 Å². The van der Waals surface area contributed by atoms with E-state index in [9.17, 15) is 14.7 Å². The number of hydrogen-bond donors (Lipinski definition) is 4. The van der Waals surface area contributed by atoms with E-state index in [0.717, 1.165) is 11.1 Å². The Morgan fingerprint density at radius 2 is 1.87 bits per heavy atom. The molecule has 31 heavy (non-hydrogen) atoms. The summed E-state index contributed by atoms with van der Waals surface area (Å²) in [4.78, 5) is 27.0. The Labute approximate surface area is 182 Å². The van der Waals surface area contributed by atoms with Crippen molar-refractivity contribution in [2.45, 2.75) is 38.5 Å². The molecule has 0 spiro atoms. The maximum Gasteiger partial charge on any atom is 0.248 e. The van der Waals surface area contributed by atoms with Crippen LogP contribution in [0.15, 0.2) is 54.6 Å². The molecule has 0 saturated carbocycles. The van der Waals surface area contributed by atoms with Crippen molar-refractivity contribution >= 4 is 29.3 Å². The minimum absolute atomic E-state index is 0.0295. The summed E-state index contributed by atoms with van der Waals surface area (Å²) in [6, 6.07) is 14.2. The second-order valence-corrected chi connectivity index (χ2v) is 8.08.